The van der Waals surface area contributed by atoms with Crippen molar-refractivity contribution in [1.82, 2.24) is 5.32 Å². The Hall–Kier alpha value is -2.09. The highest BCUT2D eigenvalue weighted by Crippen LogP contribution is 2.18. The number of carbonyl (C=O) groups excluding carboxylic acids is 1. The predicted octanol–water partition coefficient (Wildman–Crippen LogP) is 0.742. The van der Waals surface area contributed by atoms with E-state index in [1.54, 1.807) is 5.32 Å². The van der Waals surface area contributed by atoms with E-state index in [9.17, 15) is 9.18 Å². The summed E-state index contributed by atoms with van der Waals surface area (Å²) in [4.78, 5) is 11.0. The van der Waals surface area contributed by atoms with Gasteiger partial charge in [-0.3, -0.25) is 10.1 Å². The fraction of sp³-hybridized carbons (Fsp3) is 0. The van der Waals surface area contributed by atoms with Crippen molar-refractivity contribution in [2.75, 3.05) is 0 Å². The molecule has 0 spiro atoms. The van der Waals surface area contributed by atoms with Gasteiger partial charge in [0.05, 0.1) is 0 Å². The number of benzene rings is 1. The maximum atomic E-state index is 12.9. The highest BCUT2D eigenvalue weighted by molar-refractivity contribution is 5.97. The van der Waals surface area contributed by atoms with Gasteiger partial charge in [0.2, 0.25) is 0 Å². The lowest BCUT2D eigenvalue weighted by Gasteiger charge is -2.01. The molecule has 0 heterocycles. The van der Waals surface area contributed by atoms with E-state index in [4.69, 9.17) is 10.4 Å². The number of halogens is 1. The van der Waals surface area contributed by atoms with Crippen molar-refractivity contribution in [3.8, 4) is 11.9 Å². The second-order valence-electron chi connectivity index (χ2n) is 2.20. The van der Waals surface area contributed by atoms with E-state index in [-0.39, 0.29) is 0 Å². The van der Waals surface area contributed by atoms with Gasteiger partial charge >= 0.3 is 0 Å². The normalized spacial score (nSPS) is 8.92. The average molecular weight is 180 g/mol. The van der Waals surface area contributed by atoms with E-state index in [2.05, 4.69) is 0 Å². The van der Waals surface area contributed by atoms with Crippen molar-refractivity contribution >= 4 is 5.91 Å². The van der Waals surface area contributed by atoms with Gasteiger partial charge in [0.25, 0.3) is 5.91 Å². The molecule has 1 aromatic carbocycles. The first-order valence-corrected chi connectivity index (χ1v) is 3.33. The fourth-order valence-corrected chi connectivity index (χ4v) is 0.851. The molecule has 1 aromatic rings. The topological polar surface area (TPSA) is 73.1 Å². The molecule has 1 rings (SSSR count). The van der Waals surface area contributed by atoms with Gasteiger partial charge in [-0.25, -0.2) is 4.39 Å². The molecule has 2 N–H and O–H groups in total. The van der Waals surface area contributed by atoms with E-state index < -0.39 is 23.0 Å². The van der Waals surface area contributed by atoms with Gasteiger partial charge in [0.1, 0.15) is 17.1 Å². The molecule has 0 radical (unpaired) electrons. The Balaban J connectivity index is 3.14. The van der Waals surface area contributed by atoms with Crippen LogP contribution in [0.2, 0.25) is 0 Å². The van der Waals surface area contributed by atoms with Gasteiger partial charge in [-0.15, -0.1) is 0 Å². The first kappa shape index (κ1) is 9.00. The molecule has 0 fully saturated rings. The molecule has 0 unspecified atom stereocenters. The number of amides is 1. The van der Waals surface area contributed by atoms with Crippen molar-refractivity contribution in [1.29, 1.82) is 5.26 Å². The van der Waals surface area contributed by atoms with Crippen molar-refractivity contribution in [3.05, 3.63) is 29.6 Å². The lowest BCUT2D eigenvalue weighted by molar-refractivity contribution is 0.0966. The molecule has 0 aliphatic carbocycles. The molecular formula is C8H5FN2O2. The Morgan fingerprint density at radius 1 is 1.62 bits per heavy atom. The van der Waals surface area contributed by atoms with Gasteiger partial charge in [-0.2, -0.15) is 5.26 Å². The first-order chi connectivity index (χ1) is 6.16. The van der Waals surface area contributed by atoms with Crippen molar-refractivity contribution in [3.63, 3.8) is 0 Å². The van der Waals surface area contributed by atoms with E-state index in [1.807, 2.05) is 0 Å². The molecule has 0 saturated heterocycles. The number of nitrogens with zero attached hydrogens (tertiary/aromatic N) is 1. The third-order valence-electron chi connectivity index (χ3n) is 1.39. The Kier molecular flexibility index (Phi) is 2.45. The highest BCUT2D eigenvalue weighted by atomic mass is 19.1. The fourth-order valence-electron chi connectivity index (χ4n) is 0.851. The molecule has 0 atom stereocenters. The number of rotatable bonds is 1. The molecule has 0 aliphatic rings. The van der Waals surface area contributed by atoms with Crippen LogP contribution in [0.1, 0.15) is 10.4 Å². The number of carbonyl (C=O) groups is 1. The Bertz CT molecular complexity index is 364. The summed E-state index contributed by atoms with van der Waals surface area (Å²) in [5.41, 5.74) is -0.524. The van der Waals surface area contributed by atoms with Gasteiger partial charge in [0.15, 0.2) is 6.19 Å². The number of aromatic hydroxyl groups is 1. The van der Waals surface area contributed by atoms with Crippen LogP contribution in [0.3, 0.4) is 0 Å². The summed E-state index contributed by atoms with van der Waals surface area (Å²) in [6.07, 6.45) is 1.34. The van der Waals surface area contributed by atoms with E-state index in [1.165, 1.54) is 12.3 Å². The van der Waals surface area contributed by atoms with Crippen molar-refractivity contribution in [2.24, 2.45) is 0 Å². The number of nitrogens with one attached hydrogen (secondary N) is 1. The lowest BCUT2D eigenvalue weighted by Crippen LogP contribution is -2.18. The van der Waals surface area contributed by atoms with E-state index in [0.717, 1.165) is 12.1 Å². The molecule has 13 heavy (non-hydrogen) atoms. The summed E-state index contributed by atoms with van der Waals surface area (Å²) >= 11 is 0. The van der Waals surface area contributed by atoms with Crippen LogP contribution >= 0.6 is 0 Å². The molecule has 0 saturated carbocycles. The van der Waals surface area contributed by atoms with E-state index in [0.29, 0.717) is 0 Å². The maximum Gasteiger partial charge on any atom is 0.271 e. The van der Waals surface area contributed by atoms with Crippen LogP contribution in [0.15, 0.2) is 18.2 Å². The quantitative estimate of drug-likeness (QED) is 0.494. The monoisotopic (exact) mass is 180 g/mol. The minimum atomic E-state index is -0.960. The molecule has 0 bridgehead atoms. The van der Waals surface area contributed by atoms with Crippen LogP contribution < -0.4 is 5.32 Å². The van der Waals surface area contributed by atoms with Gasteiger partial charge in [-0.1, -0.05) is 6.07 Å². The minimum absolute atomic E-state index is 0.493. The predicted molar refractivity (Wildman–Crippen MR) is 41.1 cm³/mol. The second kappa shape index (κ2) is 3.54. The molecular weight excluding hydrogens is 175 g/mol. The van der Waals surface area contributed by atoms with Gasteiger partial charge in [0, 0.05) is 0 Å². The zero-order valence-electron chi connectivity index (χ0n) is 6.41. The molecule has 0 aliphatic heterocycles. The van der Waals surface area contributed by atoms with Crippen molar-refractivity contribution in [2.45, 2.75) is 0 Å². The van der Waals surface area contributed by atoms with Crippen LogP contribution in [0.25, 0.3) is 0 Å². The highest BCUT2D eigenvalue weighted by Gasteiger charge is 2.15. The zero-order chi connectivity index (χ0) is 9.84. The third kappa shape index (κ3) is 1.73. The van der Waals surface area contributed by atoms with Crippen LogP contribution in [0.5, 0.6) is 5.75 Å². The summed E-state index contributed by atoms with van der Waals surface area (Å²) < 4.78 is 12.9. The summed E-state index contributed by atoms with van der Waals surface area (Å²) in [5.74, 6) is -2.32. The smallest absolute Gasteiger partial charge is 0.271 e. The molecule has 1 amide bonds. The molecule has 4 nitrogen and oxygen atoms in total. The number of hydrogen-bond donors (Lipinski definition) is 2. The first-order valence-electron chi connectivity index (χ1n) is 3.33. The average Bonchev–Trinajstić information content (AvgIpc) is 2.04. The SMILES string of the molecule is N#CNC(=O)c1c(O)cccc1F. The maximum absolute atomic E-state index is 12.9. The van der Waals surface area contributed by atoms with Crippen LogP contribution in [-0.2, 0) is 0 Å². The Labute approximate surface area is 73.2 Å². The summed E-state index contributed by atoms with van der Waals surface area (Å²) in [5, 5.41) is 18.9. The molecule has 66 valence electrons. The standard InChI is InChI=1S/C8H5FN2O2/c9-5-2-1-3-6(12)7(5)8(13)11-4-10/h1-3,12H,(H,11,13). The van der Waals surface area contributed by atoms with Crippen LogP contribution in [0.4, 0.5) is 4.39 Å². The van der Waals surface area contributed by atoms with Gasteiger partial charge in [-0.05, 0) is 12.1 Å². The third-order valence-corrected chi connectivity index (χ3v) is 1.39. The largest absolute Gasteiger partial charge is 0.507 e. The minimum Gasteiger partial charge on any atom is -0.507 e. The summed E-state index contributed by atoms with van der Waals surface area (Å²) in [6, 6.07) is 3.44. The number of hydrogen-bond acceptors (Lipinski definition) is 3. The Morgan fingerprint density at radius 3 is 2.85 bits per heavy atom. The number of phenols is 1. The molecule has 5 heteroatoms. The van der Waals surface area contributed by atoms with Crippen molar-refractivity contribution < 1.29 is 14.3 Å². The lowest BCUT2D eigenvalue weighted by atomic mass is 10.2. The summed E-state index contributed by atoms with van der Waals surface area (Å²) in [6.45, 7) is 0. The van der Waals surface area contributed by atoms with Gasteiger partial charge < -0.3 is 5.11 Å². The second-order valence-corrected chi connectivity index (χ2v) is 2.20. The Morgan fingerprint density at radius 2 is 2.31 bits per heavy atom. The summed E-state index contributed by atoms with van der Waals surface area (Å²) in [7, 11) is 0. The molecule has 0 aromatic heterocycles. The van der Waals surface area contributed by atoms with Crippen LogP contribution in [0, 0.1) is 17.3 Å². The van der Waals surface area contributed by atoms with E-state index >= 15 is 0 Å². The number of phenolic OH excluding ortho intramolecular Hbond substituents is 1. The zero-order valence-corrected chi connectivity index (χ0v) is 6.41. The van der Waals surface area contributed by atoms with Crippen LogP contribution in [-0.4, -0.2) is 11.0 Å². The number of nitriles is 1.